The van der Waals surface area contributed by atoms with E-state index in [1.807, 2.05) is 6.20 Å². The number of ether oxygens (including phenoxy) is 1. The smallest absolute Gasteiger partial charge is 0.148 e. The van der Waals surface area contributed by atoms with Gasteiger partial charge in [-0.1, -0.05) is 6.92 Å². The Kier molecular flexibility index (Phi) is 4.64. The molecule has 0 spiro atoms. The summed E-state index contributed by atoms with van der Waals surface area (Å²) in [5, 5.41) is 3.52. The average molecular weight is 304 g/mol. The van der Waals surface area contributed by atoms with Gasteiger partial charge in [-0.3, -0.25) is 4.98 Å². The summed E-state index contributed by atoms with van der Waals surface area (Å²) in [4.78, 5) is 11.7. The Balaban J connectivity index is 1.64. The highest BCUT2D eigenvalue weighted by Crippen LogP contribution is 2.32. The summed E-state index contributed by atoms with van der Waals surface area (Å²) in [6.45, 7) is 11.7. The number of anilines is 1. The zero-order valence-electron chi connectivity index (χ0n) is 14.0. The van der Waals surface area contributed by atoms with Crippen LogP contribution in [0.3, 0.4) is 0 Å². The highest BCUT2D eigenvalue weighted by atomic mass is 16.5. The van der Waals surface area contributed by atoms with Crippen LogP contribution in [0.2, 0.25) is 0 Å². The number of piperidine rings is 1. The van der Waals surface area contributed by atoms with E-state index in [9.17, 15) is 0 Å². The molecule has 22 heavy (non-hydrogen) atoms. The first-order chi connectivity index (χ1) is 10.6. The van der Waals surface area contributed by atoms with E-state index in [2.05, 4.69) is 41.0 Å². The maximum absolute atomic E-state index is 5.33. The second-order valence-corrected chi connectivity index (χ2v) is 7.35. The fourth-order valence-electron chi connectivity index (χ4n) is 3.32. The van der Waals surface area contributed by atoms with Crippen molar-refractivity contribution < 1.29 is 4.74 Å². The van der Waals surface area contributed by atoms with Gasteiger partial charge in [-0.25, -0.2) is 4.98 Å². The van der Waals surface area contributed by atoms with E-state index >= 15 is 0 Å². The lowest BCUT2D eigenvalue weighted by molar-refractivity contribution is -0.0925. The van der Waals surface area contributed by atoms with Crippen molar-refractivity contribution in [2.45, 2.75) is 45.6 Å². The molecule has 0 atom stereocenters. The molecular formula is C17H28N4O. The van der Waals surface area contributed by atoms with E-state index in [-0.39, 0.29) is 5.41 Å². The number of rotatable bonds is 5. The van der Waals surface area contributed by atoms with Crippen LogP contribution in [0.25, 0.3) is 0 Å². The van der Waals surface area contributed by atoms with Crippen molar-refractivity contribution in [3.05, 3.63) is 18.1 Å². The highest BCUT2D eigenvalue weighted by molar-refractivity contribution is 5.42. The first-order valence-electron chi connectivity index (χ1n) is 8.44. The zero-order chi connectivity index (χ0) is 15.6. The molecule has 2 aliphatic rings. The van der Waals surface area contributed by atoms with Crippen molar-refractivity contribution in [1.82, 2.24) is 14.9 Å². The molecule has 122 valence electrons. The van der Waals surface area contributed by atoms with Crippen LogP contribution in [0.4, 0.5) is 5.82 Å². The minimum Gasteiger partial charge on any atom is -0.380 e. The molecule has 2 saturated heterocycles. The molecule has 2 fully saturated rings. The van der Waals surface area contributed by atoms with Gasteiger partial charge in [0.15, 0.2) is 0 Å². The number of likely N-dealkylation sites (tertiary alicyclic amines) is 1. The molecule has 0 bridgehead atoms. The lowest BCUT2D eigenvalue weighted by Gasteiger charge is -2.38. The summed E-state index contributed by atoms with van der Waals surface area (Å²) in [7, 11) is 0. The Hall–Kier alpha value is -1.20. The molecule has 0 amide bonds. The topological polar surface area (TPSA) is 50.3 Å². The van der Waals surface area contributed by atoms with Gasteiger partial charge in [0.2, 0.25) is 0 Å². The lowest BCUT2D eigenvalue weighted by atomic mass is 9.88. The van der Waals surface area contributed by atoms with Crippen LogP contribution in [0.5, 0.6) is 0 Å². The second kappa shape index (κ2) is 6.50. The van der Waals surface area contributed by atoms with Crippen molar-refractivity contribution in [2.24, 2.45) is 5.41 Å². The Labute approximate surface area is 133 Å². The van der Waals surface area contributed by atoms with Crippen molar-refractivity contribution in [3.63, 3.8) is 0 Å². The third-order valence-corrected chi connectivity index (χ3v) is 4.96. The number of aromatic nitrogens is 2. The number of nitrogens with one attached hydrogen (secondary N) is 1. The van der Waals surface area contributed by atoms with E-state index in [0.29, 0.717) is 12.0 Å². The van der Waals surface area contributed by atoms with Crippen LogP contribution >= 0.6 is 0 Å². The fourth-order valence-corrected chi connectivity index (χ4v) is 3.32. The standard InChI is InChI=1S/C17H28N4O/c1-13(2)21-8-4-14(5-9-21)15-16(19-7-6-18-15)20-10-17(3)11-22-12-17/h6-7,13-14H,4-5,8-12H2,1-3H3,(H,19,20). The van der Waals surface area contributed by atoms with Crippen LogP contribution in [-0.2, 0) is 4.74 Å². The predicted octanol–water partition coefficient (Wildman–Crippen LogP) is 2.51. The van der Waals surface area contributed by atoms with Gasteiger partial charge in [-0.05, 0) is 39.8 Å². The van der Waals surface area contributed by atoms with E-state index in [1.165, 1.54) is 12.8 Å². The molecule has 0 aromatic carbocycles. The number of hydrogen-bond acceptors (Lipinski definition) is 5. The van der Waals surface area contributed by atoms with Crippen LogP contribution in [0.1, 0.15) is 45.2 Å². The fraction of sp³-hybridized carbons (Fsp3) is 0.765. The summed E-state index contributed by atoms with van der Waals surface area (Å²) >= 11 is 0. The minimum atomic E-state index is 0.246. The van der Waals surface area contributed by atoms with E-state index in [0.717, 1.165) is 44.4 Å². The van der Waals surface area contributed by atoms with Gasteiger partial charge in [0.05, 0.1) is 18.9 Å². The molecule has 5 heteroatoms. The molecule has 1 aromatic rings. The molecule has 1 N–H and O–H groups in total. The van der Waals surface area contributed by atoms with Crippen molar-refractivity contribution in [2.75, 3.05) is 38.2 Å². The van der Waals surface area contributed by atoms with Crippen LogP contribution in [0, 0.1) is 5.41 Å². The van der Waals surface area contributed by atoms with Gasteiger partial charge in [0.1, 0.15) is 5.82 Å². The maximum atomic E-state index is 5.33. The molecule has 0 unspecified atom stereocenters. The molecule has 2 aliphatic heterocycles. The van der Waals surface area contributed by atoms with Gasteiger partial charge in [-0.2, -0.15) is 0 Å². The van der Waals surface area contributed by atoms with Gasteiger partial charge < -0.3 is 15.0 Å². The summed E-state index contributed by atoms with van der Waals surface area (Å²) < 4.78 is 5.33. The van der Waals surface area contributed by atoms with Gasteiger partial charge >= 0.3 is 0 Å². The minimum absolute atomic E-state index is 0.246. The van der Waals surface area contributed by atoms with Crippen LogP contribution in [0.15, 0.2) is 12.4 Å². The predicted molar refractivity (Wildman–Crippen MR) is 88.1 cm³/mol. The normalized spacial score (nSPS) is 22.5. The monoisotopic (exact) mass is 304 g/mol. The summed E-state index contributed by atoms with van der Waals surface area (Å²) in [6.07, 6.45) is 5.95. The largest absolute Gasteiger partial charge is 0.380 e. The molecule has 5 nitrogen and oxygen atoms in total. The van der Waals surface area contributed by atoms with Crippen LogP contribution in [-0.4, -0.2) is 53.8 Å². The molecule has 0 radical (unpaired) electrons. The second-order valence-electron chi connectivity index (χ2n) is 7.35. The number of hydrogen-bond donors (Lipinski definition) is 1. The van der Waals surface area contributed by atoms with E-state index in [4.69, 9.17) is 4.74 Å². The molecule has 0 aliphatic carbocycles. The van der Waals surface area contributed by atoms with E-state index in [1.54, 1.807) is 6.20 Å². The SMILES string of the molecule is CC(C)N1CCC(c2nccnc2NCC2(C)COC2)CC1. The third-order valence-electron chi connectivity index (χ3n) is 4.96. The lowest BCUT2D eigenvalue weighted by Crippen LogP contribution is -2.45. The van der Waals surface area contributed by atoms with Crippen molar-refractivity contribution in [3.8, 4) is 0 Å². The van der Waals surface area contributed by atoms with Gasteiger partial charge in [-0.15, -0.1) is 0 Å². The Bertz CT molecular complexity index is 493. The van der Waals surface area contributed by atoms with Gasteiger partial charge in [0, 0.05) is 36.3 Å². The van der Waals surface area contributed by atoms with Crippen molar-refractivity contribution >= 4 is 5.82 Å². The Morgan fingerprint density at radius 3 is 2.55 bits per heavy atom. The summed E-state index contributed by atoms with van der Waals surface area (Å²) in [6, 6.07) is 0.638. The first-order valence-corrected chi connectivity index (χ1v) is 8.44. The Morgan fingerprint density at radius 2 is 1.95 bits per heavy atom. The molecule has 1 aromatic heterocycles. The molecule has 3 rings (SSSR count). The summed E-state index contributed by atoms with van der Waals surface area (Å²) in [5.41, 5.74) is 1.39. The molecule has 0 saturated carbocycles. The molecular weight excluding hydrogens is 276 g/mol. The highest BCUT2D eigenvalue weighted by Gasteiger charge is 2.33. The molecule has 3 heterocycles. The third kappa shape index (κ3) is 3.41. The van der Waals surface area contributed by atoms with E-state index < -0.39 is 0 Å². The van der Waals surface area contributed by atoms with Crippen LogP contribution < -0.4 is 5.32 Å². The quantitative estimate of drug-likeness (QED) is 0.906. The first kappa shape index (κ1) is 15.7. The average Bonchev–Trinajstić information content (AvgIpc) is 2.51. The van der Waals surface area contributed by atoms with Crippen molar-refractivity contribution in [1.29, 1.82) is 0 Å². The summed E-state index contributed by atoms with van der Waals surface area (Å²) in [5.74, 6) is 1.50. The maximum Gasteiger partial charge on any atom is 0.148 e. The zero-order valence-corrected chi connectivity index (χ0v) is 14.0. The van der Waals surface area contributed by atoms with Gasteiger partial charge in [0.25, 0.3) is 0 Å². The number of nitrogens with zero attached hydrogens (tertiary/aromatic N) is 3. The Morgan fingerprint density at radius 1 is 1.27 bits per heavy atom.